The Bertz CT molecular complexity index is 1030. The summed E-state index contributed by atoms with van der Waals surface area (Å²) in [6.07, 6.45) is 4.17. The van der Waals surface area contributed by atoms with E-state index in [9.17, 15) is 0 Å². The van der Waals surface area contributed by atoms with Crippen molar-refractivity contribution >= 4 is 23.2 Å². The number of hydrogen-bond donors (Lipinski definition) is 0. The van der Waals surface area contributed by atoms with Gasteiger partial charge in [-0.25, -0.2) is 5.01 Å². The Kier molecular flexibility index (Phi) is 5.94. The van der Waals surface area contributed by atoms with Gasteiger partial charge in [0.25, 0.3) is 0 Å². The number of nitrogens with zero attached hydrogens (tertiary/aromatic N) is 2. The SMILES string of the molecule is C(=Cc1ccccc1)C(=NN(c1ccccc1)c1ccccc1)c1ccccc1. The van der Waals surface area contributed by atoms with Crippen LogP contribution in [0.5, 0.6) is 0 Å². The van der Waals surface area contributed by atoms with Gasteiger partial charge >= 0.3 is 0 Å². The van der Waals surface area contributed by atoms with Crippen LogP contribution in [-0.4, -0.2) is 5.71 Å². The molecule has 0 unspecified atom stereocenters. The molecule has 2 nitrogen and oxygen atoms in total. The predicted molar refractivity (Wildman–Crippen MR) is 123 cm³/mol. The van der Waals surface area contributed by atoms with Crippen LogP contribution in [0.2, 0.25) is 0 Å². The lowest BCUT2D eigenvalue weighted by Gasteiger charge is -2.20. The molecule has 2 heteroatoms. The van der Waals surface area contributed by atoms with Gasteiger partial charge in [0.2, 0.25) is 0 Å². The minimum atomic E-state index is 0.891. The number of benzene rings is 4. The molecule has 140 valence electrons. The molecule has 0 aromatic heterocycles. The third-order valence-electron chi connectivity index (χ3n) is 4.51. The summed E-state index contributed by atoms with van der Waals surface area (Å²) in [6, 6.07) is 41.0. The molecule has 0 spiro atoms. The summed E-state index contributed by atoms with van der Waals surface area (Å²) in [5, 5.41) is 7.05. The van der Waals surface area contributed by atoms with Crippen molar-refractivity contribution in [3.8, 4) is 0 Å². The fourth-order valence-corrected chi connectivity index (χ4v) is 3.05. The lowest BCUT2D eigenvalue weighted by Crippen LogP contribution is -2.13. The summed E-state index contributed by atoms with van der Waals surface area (Å²) in [5.41, 5.74) is 5.13. The van der Waals surface area contributed by atoms with Gasteiger partial charge in [-0.2, -0.15) is 5.10 Å². The standard InChI is InChI=1S/C27H22N2/c1-5-13-23(14-6-1)21-22-27(24-15-7-2-8-16-24)28-29(25-17-9-3-10-18-25)26-19-11-4-12-20-26/h1-22H. The second kappa shape index (κ2) is 9.34. The first-order valence-electron chi connectivity index (χ1n) is 9.67. The fraction of sp³-hybridized carbons (Fsp3) is 0. The average Bonchev–Trinajstić information content (AvgIpc) is 2.82. The summed E-state index contributed by atoms with van der Waals surface area (Å²) in [7, 11) is 0. The van der Waals surface area contributed by atoms with E-state index in [-0.39, 0.29) is 0 Å². The van der Waals surface area contributed by atoms with Crippen LogP contribution in [0.1, 0.15) is 11.1 Å². The molecule has 0 fully saturated rings. The molecule has 29 heavy (non-hydrogen) atoms. The molecule has 0 radical (unpaired) electrons. The average molecular weight is 374 g/mol. The summed E-state index contributed by atoms with van der Waals surface area (Å²) in [5.74, 6) is 0. The Morgan fingerprint density at radius 2 is 1.00 bits per heavy atom. The minimum absolute atomic E-state index is 0.891. The zero-order valence-corrected chi connectivity index (χ0v) is 16.1. The summed E-state index contributed by atoms with van der Waals surface area (Å²) < 4.78 is 0. The van der Waals surface area contributed by atoms with E-state index >= 15 is 0 Å². The highest BCUT2D eigenvalue weighted by molar-refractivity contribution is 6.11. The van der Waals surface area contributed by atoms with E-state index in [1.165, 1.54) is 0 Å². The van der Waals surface area contributed by atoms with Crippen LogP contribution in [0, 0.1) is 0 Å². The highest BCUT2D eigenvalue weighted by Gasteiger charge is 2.10. The van der Waals surface area contributed by atoms with E-state index in [2.05, 4.69) is 60.7 Å². The first-order chi connectivity index (χ1) is 14.4. The second-order valence-electron chi connectivity index (χ2n) is 6.58. The molecular formula is C27H22N2. The van der Waals surface area contributed by atoms with E-state index in [4.69, 9.17) is 5.10 Å². The Hall–Kier alpha value is -3.91. The van der Waals surface area contributed by atoms with E-state index < -0.39 is 0 Å². The lowest BCUT2D eigenvalue weighted by molar-refractivity contribution is 1.08. The molecule has 0 saturated carbocycles. The molecule has 4 aromatic rings. The summed E-state index contributed by atoms with van der Waals surface area (Å²) in [4.78, 5) is 0. The van der Waals surface area contributed by atoms with Crippen molar-refractivity contribution < 1.29 is 0 Å². The van der Waals surface area contributed by atoms with Crippen molar-refractivity contribution in [2.24, 2.45) is 5.10 Å². The van der Waals surface area contributed by atoms with Gasteiger partial charge < -0.3 is 0 Å². The van der Waals surface area contributed by atoms with Crippen LogP contribution in [0.4, 0.5) is 11.4 Å². The molecule has 4 aromatic carbocycles. The maximum Gasteiger partial charge on any atom is 0.0912 e. The number of anilines is 2. The van der Waals surface area contributed by atoms with Crippen LogP contribution in [0.15, 0.2) is 133 Å². The zero-order valence-electron chi connectivity index (χ0n) is 16.1. The predicted octanol–water partition coefficient (Wildman–Crippen LogP) is 6.94. The molecule has 0 aliphatic carbocycles. The van der Waals surface area contributed by atoms with Gasteiger partial charge in [-0.15, -0.1) is 0 Å². The van der Waals surface area contributed by atoms with Crippen LogP contribution in [0.3, 0.4) is 0 Å². The molecule has 0 amide bonds. The van der Waals surface area contributed by atoms with Gasteiger partial charge in [-0.3, -0.25) is 0 Å². The smallest absolute Gasteiger partial charge is 0.0912 e. The second-order valence-corrected chi connectivity index (χ2v) is 6.58. The van der Waals surface area contributed by atoms with Crippen LogP contribution < -0.4 is 5.01 Å². The van der Waals surface area contributed by atoms with E-state index in [1.807, 2.05) is 77.8 Å². The maximum absolute atomic E-state index is 5.07. The van der Waals surface area contributed by atoms with Crippen LogP contribution in [-0.2, 0) is 0 Å². The van der Waals surface area contributed by atoms with Gasteiger partial charge in [0.15, 0.2) is 0 Å². The van der Waals surface area contributed by atoms with Crippen LogP contribution in [0.25, 0.3) is 6.08 Å². The van der Waals surface area contributed by atoms with Gasteiger partial charge in [-0.05, 0) is 35.9 Å². The van der Waals surface area contributed by atoms with E-state index in [0.717, 1.165) is 28.2 Å². The third kappa shape index (κ3) is 4.88. The van der Waals surface area contributed by atoms with Gasteiger partial charge in [-0.1, -0.05) is 103 Å². The summed E-state index contributed by atoms with van der Waals surface area (Å²) in [6.45, 7) is 0. The van der Waals surface area contributed by atoms with Gasteiger partial charge in [0, 0.05) is 5.56 Å². The number of rotatable bonds is 6. The number of para-hydroxylation sites is 2. The van der Waals surface area contributed by atoms with Crippen molar-refractivity contribution in [1.29, 1.82) is 0 Å². The van der Waals surface area contributed by atoms with Crippen molar-refractivity contribution in [3.63, 3.8) is 0 Å². The first-order valence-corrected chi connectivity index (χ1v) is 9.67. The topological polar surface area (TPSA) is 15.6 Å². The molecule has 4 rings (SSSR count). The Labute approximate surface area is 172 Å². The fourth-order valence-electron chi connectivity index (χ4n) is 3.05. The highest BCUT2D eigenvalue weighted by atomic mass is 15.5. The number of allylic oxidation sites excluding steroid dienone is 1. The number of hydrazone groups is 1. The lowest BCUT2D eigenvalue weighted by atomic mass is 10.1. The van der Waals surface area contributed by atoms with Gasteiger partial charge in [0.1, 0.15) is 0 Å². The highest BCUT2D eigenvalue weighted by Crippen LogP contribution is 2.26. The van der Waals surface area contributed by atoms with Crippen molar-refractivity contribution in [3.05, 3.63) is 139 Å². The molecular weight excluding hydrogens is 352 g/mol. The quantitative estimate of drug-likeness (QED) is 0.263. The molecule has 0 aliphatic heterocycles. The van der Waals surface area contributed by atoms with Crippen molar-refractivity contribution in [2.75, 3.05) is 5.01 Å². The molecule has 0 N–H and O–H groups in total. The monoisotopic (exact) mass is 374 g/mol. The van der Waals surface area contributed by atoms with Crippen molar-refractivity contribution in [1.82, 2.24) is 0 Å². The molecule has 0 aliphatic rings. The Morgan fingerprint density at radius 3 is 1.52 bits per heavy atom. The van der Waals surface area contributed by atoms with Gasteiger partial charge in [0.05, 0.1) is 17.1 Å². The Balaban J connectivity index is 1.81. The zero-order chi connectivity index (χ0) is 19.7. The third-order valence-corrected chi connectivity index (χ3v) is 4.51. The number of hydrogen-bond acceptors (Lipinski definition) is 2. The van der Waals surface area contributed by atoms with Crippen molar-refractivity contribution in [2.45, 2.75) is 0 Å². The molecule has 0 heterocycles. The Morgan fingerprint density at radius 1 is 0.552 bits per heavy atom. The molecule has 0 saturated heterocycles. The minimum Gasteiger partial charge on any atom is -0.233 e. The maximum atomic E-state index is 5.07. The normalized spacial score (nSPS) is 11.5. The molecule has 0 bridgehead atoms. The summed E-state index contributed by atoms with van der Waals surface area (Å²) >= 11 is 0. The first kappa shape index (κ1) is 18.5. The van der Waals surface area contributed by atoms with E-state index in [0.29, 0.717) is 0 Å². The molecule has 0 atom stereocenters. The largest absolute Gasteiger partial charge is 0.233 e. The van der Waals surface area contributed by atoms with Crippen LogP contribution >= 0.6 is 0 Å². The van der Waals surface area contributed by atoms with E-state index in [1.54, 1.807) is 0 Å².